The average Bonchev–Trinajstić information content (AvgIpc) is 1.99. The van der Waals surface area contributed by atoms with E-state index in [0.29, 0.717) is 5.41 Å². The monoisotopic (exact) mass is 183 g/mol. The summed E-state index contributed by atoms with van der Waals surface area (Å²) < 4.78 is 0. The van der Waals surface area contributed by atoms with Crippen molar-refractivity contribution in [2.24, 2.45) is 11.3 Å². The van der Waals surface area contributed by atoms with Crippen molar-refractivity contribution in [3.05, 3.63) is 5.92 Å². The first-order chi connectivity index (χ1) is 5.87. The molecule has 0 rings (SSSR count). The Bertz CT molecular complexity index is 118. The molecule has 0 N–H and O–H groups in total. The van der Waals surface area contributed by atoms with Gasteiger partial charge in [-0.05, 0) is 30.1 Å². The molecule has 0 saturated heterocycles. The van der Waals surface area contributed by atoms with Crippen LogP contribution >= 0.6 is 0 Å². The highest BCUT2D eigenvalue weighted by Crippen LogP contribution is 2.29. The van der Waals surface area contributed by atoms with Crippen molar-refractivity contribution in [3.8, 4) is 0 Å². The minimum atomic E-state index is 0.493. The number of hydrogen-bond acceptors (Lipinski definition) is 0. The Morgan fingerprint density at radius 1 is 1.23 bits per heavy atom. The second-order valence-electron chi connectivity index (χ2n) is 5.60. The van der Waals surface area contributed by atoms with Crippen molar-refractivity contribution in [1.29, 1.82) is 0 Å². The third-order valence-electron chi connectivity index (χ3n) is 2.83. The smallest absolute Gasteiger partial charge is 0.0244 e. The fourth-order valence-electron chi connectivity index (χ4n) is 1.50. The molecule has 1 unspecified atom stereocenters. The van der Waals surface area contributed by atoms with Crippen LogP contribution in [0.3, 0.4) is 0 Å². The maximum Gasteiger partial charge on any atom is -0.0244 e. The maximum absolute atomic E-state index is 2.36. The van der Waals surface area contributed by atoms with Crippen LogP contribution in [-0.2, 0) is 0 Å². The summed E-state index contributed by atoms with van der Waals surface area (Å²) in [5.74, 6) is 2.52. The van der Waals surface area contributed by atoms with E-state index >= 15 is 0 Å². The van der Waals surface area contributed by atoms with E-state index in [1.807, 2.05) is 0 Å². The van der Waals surface area contributed by atoms with Gasteiger partial charge in [0.15, 0.2) is 0 Å². The second kappa shape index (κ2) is 5.67. The van der Waals surface area contributed by atoms with Gasteiger partial charge in [-0.2, -0.15) is 0 Å². The van der Waals surface area contributed by atoms with Gasteiger partial charge in [-0.25, -0.2) is 0 Å². The predicted octanol–water partition coefficient (Wildman–Crippen LogP) is 4.84. The highest BCUT2D eigenvalue weighted by molar-refractivity contribution is 4.90. The summed E-state index contributed by atoms with van der Waals surface area (Å²) in [5, 5.41) is 0. The molecule has 0 saturated carbocycles. The van der Waals surface area contributed by atoms with Crippen LogP contribution in [0.5, 0.6) is 0 Å². The van der Waals surface area contributed by atoms with Crippen LogP contribution in [0.4, 0.5) is 0 Å². The maximum atomic E-state index is 2.36. The molecule has 0 nitrogen and oxygen atoms in total. The van der Waals surface area contributed by atoms with E-state index < -0.39 is 0 Å². The topological polar surface area (TPSA) is 0 Å². The predicted molar refractivity (Wildman–Crippen MR) is 61.7 cm³/mol. The SMILES string of the molecule is CCCC(C)[C](C)CCC(C)(C)C. The molecule has 0 aromatic carbocycles. The third-order valence-corrected chi connectivity index (χ3v) is 2.83. The van der Waals surface area contributed by atoms with E-state index in [1.165, 1.54) is 25.7 Å². The molecule has 0 aromatic heterocycles. The summed E-state index contributed by atoms with van der Waals surface area (Å²) in [7, 11) is 0. The van der Waals surface area contributed by atoms with Crippen LogP contribution in [0.2, 0.25) is 0 Å². The van der Waals surface area contributed by atoms with Crippen LogP contribution in [0.1, 0.15) is 67.2 Å². The second-order valence-corrected chi connectivity index (χ2v) is 5.60. The molecule has 13 heavy (non-hydrogen) atoms. The minimum Gasteiger partial charge on any atom is -0.0654 e. The summed E-state index contributed by atoms with van der Waals surface area (Å²) in [5.41, 5.74) is 0.493. The molecule has 0 heterocycles. The van der Waals surface area contributed by atoms with Gasteiger partial charge in [0.1, 0.15) is 0 Å². The lowest BCUT2D eigenvalue weighted by atomic mass is 9.82. The van der Waals surface area contributed by atoms with E-state index in [2.05, 4.69) is 41.5 Å². The summed E-state index contributed by atoms with van der Waals surface area (Å²) in [6, 6.07) is 0. The zero-order chi connectivity index (χ0) is 10.5. The zero-order valence-electron chi connectivity index (χ0n) is 10.4. The molecule has 0 aliphatic rings. The summed E-state index contributed by atoms with van der Waals surface area (Å²) in [6.45, 7) is 13.9. The molecular formula is C13H27. The Morgan fingerprint density at radius 3 is 2.15 bits per heavy atom. The Hall–Kier alpha value is 0. The molecule has 1 atom stereocenters. The van der Waals surface area contributed by atoms with Crippen LogP contribution in [0, 0.1) is 17.3 Å². The minimum absolute atomic E-state index is 0.493. The quantitative estimate of drug-likeness (QED) is 0.572. The lowest BCUT2D eigenvalue weighted by Crippen LogP contribution is -2.11. The molecule has 0 bridgehead atoms. The normalized spacial score (nSPS) is 15.0. The molecule has 0 spiro atoms. The molecule has 0 aliphatic carbocycles. The number of hydrogen-bond donors (Lipinski definition) is 0. The first kappa shape index (κ1) is 13.0. The summed E-state index contributed by atoms with van der Waals surface area (Å²) >= 11 is 0. The van der Waals surface area contributed by atoms with Crippen molar-refractivity contribution in [2.45, 2.75) is 67.2 Å². The number of rotatable bonds is 5. The first-order valence-corrected chi connectivity index (χ1v) is 5.69. The Balaban J connectivity index is 3.67. The van der Waals surface area contributed by atoms with E-state index in [4.69, 9.17) is 0 Å². The summed E-state index contributed by atoms with van der Waals surface area (Å²) in [4.78, 5) is 0. The Morgan fingerprint density at radius 2 is 1.77 bits per heavy atom. The van der Waals surface area contributed by atoms with Crippen molar-refractivity contribution < 1.29 is 0 Å². The van der Waals surface area contributed by atoms with E-state index in [9.17, 15) is 0 Å². The fraction of sp³-hybridized carbons (Fsp3) is 0.923. The van der Waals surface area contributed by atoms with Gasteiger partial charge in [-0.1, -0.05) is 54.4 Å². The van der Waals surface area contributed by atoms with Crippen LogP contribution in [0.25, 0.3) is 0 Å². The van der Waals surface area contributed by atoms with Gasteiger partial charge in [0.2, 0.25) is 0 Å². The molecule has 0 aliphatic heterocycles. The highest BCUT2D eigenvalue weighted by atomic mass is 14.2. The third kappa shape index (κ3) is 7.10. The molecule has 79 valence electrons. The van der Waals surface area contributed by atoms with E-state index in [1.54, 1.807) is 5.92 Å². The van der Waals surface area contributed by atoms with Gasteiger partial charge >= 0.3 is 0 Å². The van der Waals surface area contributed by atoms with Gasteiger partial charge in [-0.3, -0.25) is 0 Å². The van der Waals surface area contributed by atoms with Gasteiger partial charge in [0, 0.05) is 0 Å². The summed E-state index contributed by atoms with van der Waals surface area (Å²) in [6.07, 6.45) is 5.31. The lowest BCUT2D eigenvalue weighted by Gasteiger charge is -2.24. The van der Waals surface area contributed by atoms with Crippen LogP contribution in [-0.4, -0.2) is 0 Å². The first-order valence-electron chi connectivity index (χ1n) is 5.69. The Labute approximate surface area is 85.1 Å². The van der Waals surface area contributed by atoms with Crippen molar-refractivity contribution in [3.63, 3.8) is 0 Å². The van der Waals surface area contributed by atoms with Crippen molar-refractivity contribution in [1.82, 2.24) is 0 Å². The molecule has 0 fully saturated rings. The van der Waals surface area contributed by atoms with E-state index in [0.717, 1.165) is 5.92 Å². The highest BCUT2D eigenvalue weighted by Gasteiger charge is 2.16. The van der Waals surface area contributed by atoms with Crippen LogP contribution in [0.15, 0.2) is 0 Å². The van der Waals surface area contributed by atoms with Gasteiger partial charge in [-0.15, -0.1) is 0 Å². The van der Waals surface area contributed by atoms with Gasteiger partial charge < -0.3 is 0 Å². The molecule has 0 heteroatoms. The van der Waals surface area contributed by atoms with Crippen LogP contribution < -0.4 is 0 Å². The largest absolute Gasteiger partial charge is 0.0654 e. The Kier molecular flexibility index (Phi) is 5.67. The molecule has 0 amide bonds. The fourth-order valence-corrected chi connectivity index (χ4v) is 1.50. The van der Waals surface area contributed by atoms with E-state index in [-0.39, 0.29) is 0 Å². The molecule has 1 radical (unpaired) electrons. The average molecular weight is 183 g/mol. The van der Waals surface area contributed by atoms with Gasteiger partial charge in [0.05, 0.1) is 0 Å². The molecular weight excluding hydrogens is 156 g/mol. The van der Waals surface area contributed by atoms with Crippen molar-refractivity contribution >= 4 is 0 Å². The molecule has 0 aromatic rings. The standard InChI is InChI=1S/C13H27/c1-7-8-11(2)12(3)9-10-13(4,5)6/h11H,7-10H2,1-6H3. The zero-order valence-corrected chi connectivity index (χ0v) is 10.4. The lowest BCUT2D eigenvalue weighted by molar-refractivity contribution is 0.353. The van der Waals surface area contributed by atoms with Crippen molar-refractivity contribution in [2.75, 3.05) is 0 Å². The van der Waals surface area contributed by atoms with Gasteiger partial charge in [0.25, 0.3) is 0 Å².